The third-order valence-corrected chi connectivity index (χ3v) is 5.86. The lowest BCUT2D eigenvalue weighted by Crippen LogP contribution is -2.39. The van der Waals surface area contributed by atoms with Crippen LogP contribution in [0, 0.1) is 0 Å². The maximum atomic E-state index is 13.1. The minimum atomic E-state index is -0.626. The lowest BCUT2D eigenvalue weighted by Gasteiger charge is -2.16. The largest absolute Gasteiger partial charge is 0.322 e. The first kappa shape index (κ1) is 21.7. The number of rotatable bonds is 6. The standard InChI is InChI=1S/C26H30N2O2/c1-6-18(13-17(5)16(3)4)14-21-24-23(20(7-2)25(21)29)28(24)26(30)22(27)15-19-11-9-8-10-12-19/h6-14,22-24H,3,15,27H2,1-2,4-5H3/b17-13-,18-6+,20-7+,21-14+/t22-,23?,24?,28?/m0/s1. The number of carbonyl (C=O) groups excluding carboxylic acids is 2. The number of benzene rings is 1. The van der Waals surface area contributed by atoms with Crippen molar-refractivity contribution in [2.24, 2.45) is 5.73 Å². The molecule has 0 radical (unpaired) electrons. The van der Waals surface area contributed by atoms with Crippen molar-refractivity contribution in [2.45, 2.75) is 52.2 Å². The number of nitrogens with two attached hydrogens (primary N) is 1. The lowest BCUT2D eigenvalue weighted by atomic mass is 10.0. The highest BCUT2D eigenvalue weighted by atomic mass is 16.2. The molecule has 1 aromatic carbocycles. The van der Waals surface area contributed by atoms with Gasteiger partial charge in [-0.2, -0.15) is 0 Å². The number of hydrogen-bond acceptors (Lipinski definition) is 3. The molecule has 2 aliphatic rings. The first-order valence-electron chi connectivity index (χ1n) is 10.3. The van der Waals surface area contributed by atoms with Crippen molar-refractivity contribution < 1.29 is 9.59 Å². The fraction of sp³-hybridized carbons (Fsp3) is 0.308. The second-order valence-electron chi connectivity index (χ2n) is 8.00. The Bertz CT molecular complexity index is 995. The molecule has 1 aromatic rings. The molecular formula is C26H30N2O2. The molecule has 1 saturated heterocycles. The van der Waals surface area contributed by atoms with E-state index >= 15 is 0 Å². The first-order valence-corrected chi connectivity index (χ1v) is 10.3. The molecule has 4 nitrogen and oxygen atoms in total. The number of carbonyl (C=O) groups is 2. The van der Waals surface area contributed by atoms with Crippen LogP contribution < -0.4 is 5.73 Å². The molecule has 30 heavy (non-hydrogen) atoms. The van der Waals surface area contributed by atoms with Crippen molar-refractivity contribution in [3.63, 3.8) is 0 Å². The van der Waals surface area contributed by atoms with Crippen LogP contribution in [0.25, 0.3) is 0 Å². The quantitative estimate of drug-likeness (QED) is 0.443. The molecule has 0 bridgehead atoms. The van der Waals surface area contributed by atoms with Gasteiger partial charge >= 0.3 is 0 Å². The maximum Gasteiger partial charge on any atom is 0.241 e. The minimum Gasteiger partial charge on any atom is -0.322 e. The molecule has 2 fully saturated rings. The van der Waals surface area contributed by atoms with Crippen LogP contribution in [0.4, 0.5) is 0 Å². The second-order valence-corrected chi connectivity index (χ2v) is 8.00. The number of ketones is 1. The number of Topliss-reactive ketones (excluding diaryl/α,β-unsaturated/α-hetero) is 1. The van der Waals surface area contributed by atoms with Gasteiger partial charge in [0.2, 0.25) is 5.91 Å². The van der Waals surface area contributed by atoms with Gasteiger partial charge in [-0.3, -0.25) is 9.59 Å². The molecule has 2 N–H and O–H groups in total. The van der Waals surface area contributed by atoms with Crippen molar-refractivity contribution in [3.8, 4) is 0 Å². The highest BCUT2D eigenvalue weighted by Gasteiger charge is 2.63. The van der Waals surface area contributed by atoms with E-state index in [9.17, 15) is 9.59 Å². The number of fused-ring (bicyclic) bond motifs is 1. The van der Waals surface area contributed by atoms with E-state index in [1.54, 1.807) is 4.90 Å². The summed E-state index contributed by atoms with van der Waals surface area (Å²) in [5.41, 5.74) is 11.6. The van der Waals surface area contributed by atoms with Crippen molar-refractivity contribution in [2.75, 3.05) is 0 Å². The van der Waals surface area contributed by atoms with Crippen LogP contribution in [0.3, 0.4) is 0 Å². The molecule has 0 spiro atoms. The van der Waals surface area contributed by atoms with Gasteiger partial charge in [-0.1, -0.05) is 60.7 Å². The van der Waals surface area contributed by atoms with E-state index in [4.69, 9.17) is 5.73 Å². The summed E-state index contributed by atoms with van der Waals surface area (Å²) in [7, 11) is 0. The summed E-state index contributed by atoms with van der Waals surface area (Å²) >= 11 is 0. The first-order chi connectivity index (χ1) is 14.3. The van der Waals surface area contributed by atoms with Crippen LogP contribution in [-0.4, -0.2) is 34.7 Å². The zero-order valence-corrected chi connectivity index (χ0v) is 18.2. The van der Waals surface area contributed by atoms with Gasteiger partial charge in [-0.15, -0.1) is 0 Å². The van der Waals surface area contributed by atoms with E-state index in [-0.39, 0.29) is 23.8 Å². The Kier molecular flexibility index (Phi) is 6.37. The van der Waals surface area contributed by atoms with Gasteiger partial charge in [-0.25, -0.2) is 0 Å². The van der Waals surface area contributed by atoms with Gasteiger partial charge < -0.3 is 10.6 Å². The molecule has 3 atom stereocenters. The smallest absolute Gasteiger partial charge is 0.241 e. The summed E-state index contributed by atoms with van der Waals surface area (Å²) in [6.45, 7) is 11.7. The fourth-order valence-corrected chi connectivity index (χ4v) is 3.94. The van der Waals surface area contributed by atoms with Crippen LogP contribution in [0.5, 0.6) is 0 Å². The van der Waals surface area contributed by atoms with Gasteiger partial charge in [0.05, 0.1) is 18.1 Å². The van der Waals surface area contributed by atoms with Crippen LogP contribution in [0.1, 0.15) is 33.3 Å². The number of nitrogens with zero attached hydrogens (tertiary/aromatic N) is 1. The van der Waals surface area contributed by atoms with Crippen molar-refractivity contribution in [1.82, 2.24) is 4.90 Å². The van der Waals surface area contributed by atoms with Gasteiger partial charge in [0.15, 0.2) is 5.78 Å². The number of hydrogen-bond donors (Lipinski definition) is 1. The van der Waals surface area contributed by atoms with E-state index in [0.29, 0.717) is 17.6 Å². The summed E-state index contributed by atoms with van der Waals surface area (Å²) in [5.74, 6) is -0.0869. The lowest BCUT2D eigenvalue weighted by molar-refractivity contribution is -0.128. The maximum absolute atomic E-state index is 13.1. The topological polar surface area (TPSA) is 63.2 Å². The molecule has 1 saturated carbocycles. The molecule has 0 aromatic heterocycles. The predicted molar refractivity (Wildman–Crippen MR) is 122 cm³/mol. The van der Waals surface area contributed by atoms with Crippen LogP contribution >= 0.6 is 0 Å². The Labute approximate surface area is 179 Å². The molecule has 156 valence electrons. The summed E-state index contributed by atoms with van der Waals surface area (Å²) in [4.78, 5) is 27.7. The number of likely N-dealkylation sites (tertiary alicyclic amines) is 1. The van der Waals surface area contributed by atoms with E-state index < -0.39 is 6.04 Å². The molecule has 1 heterocycles. The molecule has 1 aliphatic heterocycles. The van der Waals surface area contributed by atoms with E-state index in [0.717, 1.165) is 22.3 Å². The van der Waals surface area contributed by atoms with Gasteiger partial charge in [0.25, 0.3) is 0 Å². The highest BCUT2D eigenvalue weighted by molar-refractivity contribution is 6.17. The summed E-state index contributed by atoms with van der Waals surface area (Å²) in [6.07, 6.45) is 8.18. The Morgan fingerprint density at radius 2 is 1.80 bits per heavy atom. The van der Waals surface area contributed by atoms with Crippen LogP contribution in [0.2, 0.25) is 0 Å². The van der Waals surface area contributed by atoms with Gasteiger partial charge in [0, 0.05) is 11.1 Å². The number of piperidine rings is 1. The molecule has 1 aliphatic carbocycles. The number of amides is 1. The third kappa shape index (κ3) is 4.14. The Hall–Kier alpha value is -2.98. The van der Waals surface area contributed by atoms with E-state index in [2.05, 4.69) is 6.58 Å². The third-order valence-electron chi connectivity index (χ3n) is 5.86. The predicted octanol–water partition coefficient (Wildman–Crippen LogP) is 4.06. The molecule has 2 unspecified atom stereocenters. The van der Waals surface area contributed by atoms with Gasteiger partial charge in [-0.05, 0) is 56.9 Å². The second kappa shape index (κ2) is 8.80. The van der Waals surface area contributed by atoms with Crippen LogP contribution in [0.15, 0.2) is 89.1 Å². The summed E-state index contributed by atoms with van der Waals surface area (Å²) in [5, 5.41) is 0. The summed E-state index contributed by atoms with van der Waals surface area (Å²) < 4.78 is 0. The normalized spacial score (nSPS) is 25.0. The zero-order valence-electron chi connectivity index (χ0n) is 18.2. The zero-order chi connectivity index (χ0) is 22.0. The molecule has 3 rings (SSSR count). The molecule has 4 heteroatoms. The van der Waals surface area contributed by atoms with Crippen molar-refractivity contribution >= 4 is 11.7 Å². The minimum absolute atomic E-state index is 0.0221. The Morgan fingerprint density at radius 3 is 2.37 bits per heavy atom. The van der Waals surface area contributed by atoms with Crippen molar-refractivity contribution in [3.05, 3.63) is 94.6 Å². The number of allylic oxidation sites excluding steroid dienone is 7. The highest BCUT2D eigenvalue weighted by Crippen LogP contribution is 2.48. The van der Waals surface area contributed by atoms with Crippen LogP contribution in [-0.2, 0) is 16.0 Å². The monoisotopic (exact) mass is 402 g/mol. The van der Waals surface area contributed by atoms with Crippen molar-refractivity contribution in [1.29, 1.82) is 0 Å². The molecule has 1 amide bonds. The average molecular weight is 403 g/mol. The van der Waals surface area contributed by atoms with E-state index in [1.807, 2.05) is 82.3 Å². The SMILES string of the molecule is C=C(C)\C(C)=C/C(=C\C)/C=C1/C(=O)/C(=C/C)C2C1N2C(=O)[C@@H](N)Cc1ccccc1. The van der Waals surface area contributed by atoms with E-state index in [1.165, 1.54) is 0 Å². The Morgan fingerprint density at radius 1 is 1.17 bits per heavy atom. The van der Waals surface area contributed by atoms with Gasteiger partial charge in [0.1, 0.15) is 0 Å². The molecular weight excluding hydrogens is 372 g/mol. The average Bonchev–Trinajstić information content (AvgIpc) is 3.38. The Balaban J connectivity index is 1.84. The summed E-state index contributed by atoms with van der Waals surface area (Å²) in [6, 6.07) is 8.73. The fourth-order valence-electron chi connectivity index (χ4n) is 3.94.